The number of fused-ring (bicyclic) bond motifs is 1. The molecule has 0 aliphatic carbocycles. The SMILES string of the molecule is CC1(C)COB(c2cc3cc(C(F)(F)F)ccc3s2)OC1. The molecular weight excluding hydrogens is 300 g/mol. The predicted molar refractivity (Wildman–Crippen MR) is 77.9 cm³/mol. The van der Waals surface area contributed by atoms with E-state index >= 15 is 0 Å². The summed E-state index contributed by atoms with van der Waals surface area (Å²) < 4.78 is 51.1. The number of benzene rings is 1. The standard InChI is InChI=1S/C14H14BF3O2S/c1-13(2)7-19-15(20-8-13)12-6-9-5-10(14(16,17)18)3-4-11(9)21-12/h3-6H,7-8H2,1-2H3. The van der Waals surface area contributed by atoms with Crippen molar-refractivity contribution in [2.45, 2.75) is 20.0 Å². The van der Waals surface area contributed by atoms with Crippen LogP contribution in [0.25, 0.3) is 10.1 Å². The van der Waals surface area contributed by atoms with E-state index in [0.717, 1.165) is 15.5 Å². The summed E-state index contributed by atoms with van der Waals surface area (Å²) >= 11 is 1.41. The van der Waals surface area contributed by atoms with Crippen LogP contribution in [-0.2, 0) is 15.5 Å². The first kappa shape index (κ1) is 14.9. The van der Waals surface area contributed by atoms with E-state index in [2.05, 4.69) is 0 Å². The van der Waals surface area contributed by atoms with Crippen molar-refractivity contribution < 1.29 is 22.5 Å². The van der Waals surface area contributed by atoms with Crippen LogP contribution < -0.4 is 4.78 Å². The van der Waals surface area contributed by atoms with E-state index in [1.807, 2.05) is 13.8 Å². The monoisotopic (exact) mass is 314 g/mol. The minimum Gasteiger partial charge on any atom is -0.406 e. The maximum Gasteiger partial charge on any atom is 0.504 e. The van der Waals surface area contributed by atoms with Gasteiger partial charge in [-0.15, -0.1) is 11.3 Å². The number of thiophene rings is 1. The zero-order valence-corrected chi connectivity index (χ0v) is 12.5. The maximum atomic E-state index is 12.7. The zero-order chi connectivity index (χ0) is 15.3. The van der Waals surface area contributed by atoms with Crippen LogP contribution in [0.2, 0.25) is 0 Å². The Hall–Kier alpha value is -1.05. The maximum absolute atomic E-state index is 12.7. The molecule has 1 aromatic carbocycles. The predicted octanol–water partition coefficient (Wildman–Crippen LogP) is 3.69. The van der Waals surface area contributed by atoms with E-state index in [0.29, 0.717) is 18.6 Å². The van der Waals surface area contributed by atoms with Crippen molar-refractivity contribution in [1.82, 2.24) is 0 Å². The van der Waals surface area contributed by atoms with Gasteiger partial charge in [0.1, 0.15) is 0 Å². The Morgan fingerprint density at radius 1 is 1.14 bits per heavy atom. The molecule has 0 saturated carbocycles. The van der Waals surface area contributed by atoms with Crippen LogP contribution in [-0.4, -0.2) is 20.3 Å². The first-order chi connectivity index (χ1) is 9.74. The third kappa shape index (κ3) is 3.10. The molecule has 2 heterocycles. The lowest BCUT2D eigenvalue weighted by molar-refractivity contribution is -0.137. The van der Waals surface area contributed by atoms with E-state index in [4.69, 9.17) is 9.31 Å². The number of halogens is 3. The lowest BCUT2D eigenvalue weighted by atomic mass is 9.82. The van der Waals surface area contributed by atoms with Gasteiger partial charge in [0, 0.05) is 28.1 Å². The normalized spacial score (nSPS) is 19.2. The molecule has 0 spiro atoms. The number of alkyl halides is 3. The second-order valence-electron chi connectivity index (χ2n) is 6.02. The highest BCUT2D eigenvalue weighted by molar-refractivity contribution is 7.28. The minimum atomic E-state index is -4.32. The average Bonchev–Trinajstić information content (AvgIpc) is 2.80. The quantitative estimate of drug-likeness (QED) is 0.748. The van der Waals surface area contributed by atoms with Crippen molar-refractivity contribution in [3.8, 4) is 0 Å². The zero-order valence-electron chi connectivity index (χ0n) is 11.7. The number of hydrogen-bond acceptors (Lipinski definition) is 3. The Morgan fingerprint density at radius 3 is 2.43 bits per heavy atom. The molecule has 0 radical (unpaired) electrons. The highest BCUT2D eigenvalue weighted by Gasteiger charge is 2.35. The van der Waals surface area contributed by atoms with Crippen molar-refractivity contribution in [3.05, 3.63) is 29.8 Å². The smallest absolute Gasteiger partial charge is 0.406 e. The second kappa shape index (κ2) is 5.00. The number of hydrogen-bond donors (Lipinski definition) is 0. The summed E-state index contributed by atoms with van der Waals surface area (Å²) in [5.74, 6) is 0. The van der Waals surface area contributed by atoms with Crippen molar-refractivity contribution in [1.29, 1.82) is 0 Å². The van der Waals surface area contributed by atoms with Gasteiger partial charge in [-0.1, -0.05) is 13.8 Å². The van der Waals surface area contributed by atoms with E-state index in [-0.39, 0.29) is 5.41 Å². The molecule has 0 bridgehead atoms. The van der Waals surface area contributed by atoms with Gasteiger partial charge >= 0.3 is 13.3 Å². The van der Waals surface area contributed by atoms with Crippen LogP contribution in [0.1, 0.15) is 19.4 Å². The van der Waals surface area contributed by atoms with Crippen LogP contribution in [0.15, 0.2) is 24.3 Å². The summed E-state index contributed by atoms with van der Waals surface area (Å²) in [6.45, 7) is 5.23. The Labute approximate surface area is 125 Å². The lowest BCUT2D eigenvalue weighted by Gasteiger charge is -2.32. The second-order valence-corrected chi connectivity index (χ2v) is 7.13. The molecule has 21 heavy (non-hydrogen) atoms. The third-order valence-corrected chi connectivity index (χ3v) is 4.48. The molecule has 112 valence electrons. The van der Waals surface area contributed by atoms with Crippen LogP contribution >= 0.6 is 11.3 Å². The molecule has 1 aromatic heterocycles. The fraction of sp³-hybridized carbons (Fsp3) is 0.429. The molecule has 0 unspecified atom stereocenters. The van der Waals surface area contributed by atoms with Crippen molar-refractivity contribution in [2.24, 2.45) is 5.41 Å². The van der Waals surface area contributed by atoms with Gasteiger partial charge in [0.05, 0.1) is 5.56 Å². The molecule has 2 nitrogen and oxygen atoms in total. The minimum absolute atomic E-state index is 0.0311. The Kier molecular flexibility index (Phi) is 3.54. The van der Waals surface area contributed by atoms with Crippen LogP contribution in [0.5, 0.6) is 0 Å². The fourth-order valence-electron chi connectivity index (χ4n) is 2.21. The molecule has 0 N–H and O–H groups in total. The average molecular weight is 314 g/mol. The molecule has 1 aliphatic rings. The Balaban J connectivity index is 1.88. The fourth-order valence-corrected chi connectivity index (χ4v) is 3.26. The van der Waals surface area contributed by atoms with Gasteiger partial charge in [-0.25, -0.2) is 0 Å². The summed E-state index contributed by atoms with van der Waals surface area (Å²) in [4.78, 5) is 0. The Morgan fingerprint density at radius 2 is 1.81 bits per heavy atom. The third-order valence-electron chi connectivity index (χ3n) is 3.35. The van der Waals surface area contributed by atoms with E-state index in [9.17, 15) is 13.2 Å². The highest BCUT2D eigenvalue weighted by atomic mass is 32.1. The first-order valence-corrected chi connectivity index (χ1v) is 7.40. The van der Waals surface area contributed by atoms with Crippen LogP contribution in [0, 0.1) is 5.41 Å². The summed E-state index contributed by atoms with van der Waals surface area (Å²) in [5, 5.41) is 0.571. The van der Waals surface area contributed by atoms with Gasteiger partial charge in [-0.05, 0) is 29.7 Å². The van der Waals surface area contributed by atoms with Crippen LogP contribution in [0.3, 0.4) is 0 Å². The van der Waals surface area contributed by atoms with E-state index in [1.54, 1.807) is 6.07 Å². The van der Waals surface area contributed by atoms with Gasteiger partial charge in [0.25, 0.3) is 0 Å². The first-order valence-electron chi connectivity index (χ1n) is 6.59. The molecule has 3 rings (SSSR count). The van der Waals surface area contributed by atoms with E-state index < -0.39 is 18.9 Å². The number of rotatable bonds is 1. The van der Waals surface area contributed by atoms with Gasteiger partial charge in [0.2, 0.25) is 0 Å². The van der Waals surface area contributed by atoms with Gasteiger partial charge < -0.3 is 9.31 Å². The van der Waals surface area contributed by atoms with Crippen molar-refractivity contribution >= 4 is 33.3 Å². The molecule has 2 aromatic rings. The molecular formula is C14H14BF3O2S. The lowest BCUT2D eigenvalue weighted by Crippen LogP contribution is -2.46. The van der Waals surface area contributed by atoms with Gasteiger partial charge in [-0.3, -0.25) is 0 Å². The molecule has 1 saturated heterocycles. The summed E-state index contributed by atoms with van der Waals surface area (Å²) in [6, 6.07) is 5.49. The van der Waals surface area contributed by atoms with Gasteiger partial charge in [-0.2, -0.15) is 13.2 Å². The molecule has 1 fully saturated rings. The Bertz CT molecular complexity index is 656. The summed E-state index contributed by atoms with van der Waals surface area (Å²) in [6.07, 6.45) is -4.32. The topological polar surface area (TPSA) is 18.5 Å². The molecule has 7 heteroatoms. The van der Waals surface area contributed by atoms with Crippen molar-refractivity contribution in [2.75, 3.05) is 13.2 Å². The molecule has 0 amide bonds. The van der Waals surface area contributed by atoms with Gasteiger partial charge in [0.15, 0.2) is 0 Å². The highest BCUT2D eigenvalue weighted by Crippen LogP contribution is 2.33. The summed E-state index contributed by atoms with van der Waals surface area (Å²) in [5.41, 5.74) is -0.664. The largest absolute Gasteiger partial charge is 0.504 e. The van der Waals surface area contributed by atoms with E-state index in [1.165, 1.54) is 23.5 Å². The molecule has 1 aliphatic heterocycles. The van der Waals surface area contributed by atoms with Crippen LogP contribution in [0.4, 0.5) is 13.2 Å². The molecule has 0 atom stereocenters. The van der Waals surface area contributed by atoms with Crippen molar-refractivity contribution in [3.63, 3.8) is 0 Å². The summed E-state index contributed by atoms with van der Waals surface area (Å²) in [7, 11) is -0.482.